The number of hydrogen-bond acceptors (Lipinski definition) is 3. The Bertz CT molecular complexity index is 894. The van der Waals surface area contributed by atoms with Gasteiger partial charge in [0.15, 0.2) is 5.78 Å². The summed E-state index contributed by atoms with van der Waals surface area (Å²) < 4.78 is 5.22. The molecular formula is C20H19NO3. The highest BCUT2D eigenvalue weighted by atomic mass is 16.5. The molecule has 0 atom stereocenters. The number of benzene rings is 2. The third-order valence-electron chi connectivity index (χ3n) is 3.99. The van der Waals surface area contributed by atoms with E-state index < -0.39 is 0 Å². The molecule has 0 bridgehead atoms. The topological polar surface area (TPSA) is 59.2 Å². The number of aromatic amines is 1. The zero-order chi connectivity index (χ0) is 17.1. The summed E-state index contributed by atoms with van der Waals surface area (Å²) in [6, 6.07) is 15.3. The second-order valence-corrected chi connectivity index (χ2v) is 5.68. The predicted molar refractivity (Wildman–Crippen MR) is 93.5 cm³/mol. The van der Waals surface area contributed by atoms with Crippen molar-refractivity contribution >= 4 is 22.7 Å². The van der Waals surface area contributed by atoms with Gasteiger partial charge in [-0.05, 0) is 25.5 Å². The monoisotopic (exact) mass is 321 g/mol. The average molecular weight is 321 g/mol. The van der Waals surface area contributed by atoms with Crippen LogP contribution in [0.3, 0.4) is 0 Å². The number of ether oxygens (including phenoxy) is 1. The molecule has 3 rings (SSSR count). The van der Waals surface area contributed by atoms with Crippen molar-refractivity contribution in [2.45, 2.75) is 20.3 Å². The summed E-state index contributed by atoms with van der Waals surface area (Å²) in [5.41, 5.74) is 3.84. The third-order valence-corrected chi connectivity index (χ3v) is 3.99. The Morgan fingerprint density at radius 1 is 1.08 bits per heavy atom. The highest BCUT2D eigenvalue weighted by Crippen LogP contribution is 2.26. The number of carbonyl (C=O) groups excluding carboxylic acids is 2. The smallest absolute Gasteiger partial charge is 0.340 e. The van der Waals surface area contributed by atoms with Gasteiger partial charge in [0.05, 0.1) is 12.2 Å². The molecule has 0 saturated carbocycles. The molecule has 1 heterocycles. The first-order valence-electron chi connectivity index (χ1n) is 7.96. The van der Waals surface area contributed by atoms with E-state index in [0.717, 1.165) is 22.2 Å². The van der Waals surface area contributed by atoms with E-state index in [1.807, 2.05) is 36.4 Å². The van der Waals surface area contributed by atoms with Crippen molar-refractivity contribution in [3.8, 4) is 0 Å². The zero-order valence-electron chi connectivity index (χ0n) is 13.8. The van der Waals surface area contributed by atoms with E-state index in [2.05, 4.69) is 4.98 Å². The van der Waals surface area contributed by atoms with E-state index in [-0.39, 0.29) is 11.8 Å². The van der Waals surface area contributed by atoms with Gasteiger partial charge in [-0.15, -0.1) is 0 Å². The molecule has 0 amide bonds. The SMILES string of the molecule is CCOC(=O)c1c(Cc2ccccc2)[nH]c2cc(C(C)=O)ccc12. The summed E-state index contributed by atoms with van der Waals surface area (Å²) in [6.07, 6.45) is 0.596. The van der Waals surface area contributed by atoms with Crippen molar-refractivity contribution < 1.29 is 14.3 Å². The van der Waals surface area contributed by atoms with Crippen LogP contribution in [0.15, 0.2) is 48.5 Å². The molecule has 0 aliphatic carbocycles. The van der Waals surface area contributed by atoms with Gasteiger partial charge in [-0.2, -0.15) is 0 Å². The Labute approximate surface area is 140 Å². The Hall–Kier alpha value is -2.88. The third kappa shape index (κ3) is 3.08. The van der Waals surface area contributed by atoms with Crippen LogP contribution in [0.1, 0.15) is 45.8 Å². The zero-order valence-corrected chi connectivity index (χ0v) is 13.8. The predicted octanol–water partition coefficient (Wildman–Crippen LogP) is 4.14. The molecule has 2 aromatic carbocycles. The van der Waals surface area contributed by atoms with Gasteiger partial charge in [0.2, 0.25) is 0 Å². The molecule has 122 valence electrons. The van der Waals surface area contributed by atoms with Gasteiger partial charge in [-0.25, -0.2) is 4.79 Å². The number of nitrogens with one attached hydrogen (secondary N) is 1. The molecule has 4 nitrogen and oxygen atoms in total. The van der Waals surface area contributed by atoms with Crippen LogP contribution in [0.2, 0.25) is 0 Å². The number of esters is 1. The maximum Gasteiger partial charge on any atom is 0.340 e. The first kappa shape index (κ1) is 16.0. The van der Waals surface area contributed by atoms with Crippen molar-refractivity contribution in [3.63, 3.8) is 0 Å². The minimum Gasteiger partial charge on any atom is -0.462 e. The van der Waals surface area contributed by atoms with E-state index in [9.17, 15) is 9.59 Å². The second kappa shape index (κ2) is 6.71. The molecule has 0 fully saturated rings. The molecule has 3 aromatic rings. The van der Waals surface area contributed by atoms with Crippen molar-refractivity contribution in [2.24, 2.45) is 0 Å². The van der Waals surface area contributed by atoms with Gasteiger partial charge in [-0.1, -0.05) is 42.5 Å². The molecule has 1 aromatic heterocycles. The lowest BCUT2D eigenvalue weighted by atomic mass is 10.0. The van der Waals surface area contributed by atoms with E-state index >= 15 is 0 Å². The molecule has 1 N–H and O–H groups in total. The maximum absolute atomic E-state index is 12.4. The first-order valence-corrected chi connectivity index (χ1v) is 7.96. The summed E-state index contributed by atoms with van der Waals surface area (Å²) in [4.78, 5) is 27.3. The van der Waals surface area contributed by atoms with Crippen molar-refractivity contribution in [3.05, 3.63) is 70.9 Å². The molecule has 0 aliphatic rings. The number of Topliss-reactive ketones (excluding diaryl/α,β-unsaturated/α-hetero) is 1. The van der Waals surface area contributed by atoms with E-state index in [1.165, 1.54) is 6.92 Å². The number of hydrogen-bond donors (Lipinski definition) is 1. The van der Waals surface area contributed by atoms with Gasteiger partial charge >= 0.3 is 5.97 Å². The van der Waals surface area contributed by atoms with Crippen molar-refractivity contribution in [1.29, 1.82) is 0 Å². The van der Waals surface area contributed by atoms with Crippen molar-refractivity contribution in [1.82, 2.24) is 4.98 Å². The molecule has 0 aliphatic heterocycles. The molecule has 0 saturated heterocycles. The summed E-state index contributed by atoms with van der Waals surface area (Å²) in [7, 11) is 0. The molecule has 0 unspecified atom stereocenters. The largest absolute Gasteiger partial charge is 0.462 e. The average Bonchev–Trinajstić information content (AvgIpc) is 2.92. The van der Waals surface area contributed by atoms with Crippen LogP contribution in [-0.4, -0.2) is 23.3 Å². The lowest BCUT2D eigenvalue weighted by Crippen LogP contribution is -2.07. The van der Waals surface area contributed by atoms with Crippen LogP contribution in [0, 0.1) is 0 Å². The van der Waals surface area contributed by atoms with Crippen LogP contribution in [0.4, 0.5) is 0 Å². The maximum atomic E-state index is 12.4. The fraction of sp³-hybridized carbons (Fsp3) is 0.200. The number of H-pyrrole nitrogens is 1. The number of ketones is 1. The molecule has 0 radical (unpaired) electrons. The fourth-order valence-electron chi connectivity index (χ4n) is 2.84. The highest BCUT2D eigenvalue weighted by Gasteiger charge is 2.20. The van der Waals surface area contributed by atoms with Gasteiger partial charge in [0.1, 0.15) is 0 Å². The highest BCUT2D eigenvalue weighted by molar-refractivity contribution is 6.07. The summed E-state index contributed by atoms with van der Waals surface area (Å²) in [5.74, 6) is -0.348. The number of fused-ring (bicyclic) bond motifs is 1. The van der Waals surface area contributed by atoms with Crippen LogP contribution < -0.4 is 0 Å². The van der Waals surface area contributed by atoms with E-state index in [1.54, 1.807) is 19.1 Å². The van der Waals surface area contributed by atoms with Crippen LogP contribution in [0.5, 0.6) is 0 Å². The summed E-state index contributed by atoms with van der Waals surface area (Å²) >= 11 is 0. The Morgan fingerprint density at radius 3 is 2.50 bits per heavy atom. The Morgan fingerprint density at radius 2 is 1.83 bits per heavy atom. The van der Waals surface area contributed by atoms with Gasteiger partial charge in [-0.3, -0.25) is 4.79 Å². The van der Waals surface area contributed by atoms with Crippen LogP contribution >= 0.6 is 0 Å². The Balaban J connectivity index is 2.12. The minimum atomic E-state index is -0.342. The fourth-order valence-corrected chi connectivity index (χ4v) is 2.84. The van der Waals surface area contributed by atoms with E-state index in [4.69, 9.17) is 4.74 Å². The molecule has 24 heavy (non-hydrogen) atoms. The molecular weight excluding hydrogens is 302 g/mol. The molecule has 4 heteroatoms. The second-order valence-electron chi connectivity index (χ2n) is 5.68. The Kier molecular flexibility index (Phi) is 4.47. The van der Waals surface area contributed by atoms with Gasteiger partial charge < -0.3 is 9.72 Å². The lowest BCUT2D eigenvalue weighted by molar-refractivity contribution is 0.0527. The van der Waals surface area contributed by atoms with Gasteiger partial charge in [0.25, 0.3) is 0 Å². The normalized spacial score (nSPS) is 10.8. The number of carbonyl (C=O) groups is 2. The van der Waals surface area contributed by atoms with E-state index in [0.29, 0.717) is 24.2 Å². The number of rotatable bonds is 5. The lowest BCUT2D eigenvalue weighted by Gasteiger charge is -2.05. The summed E-state index contributed by atoms with van der Waals surface area (Å²) in [6.45, 7) is 3.64. The number of aromatic nitrogens is 1. The minimum absolute atomic E-state index is 0.00575. The summed E-state index contributed by atoms with van der Waals surface area (Å²) in [5, 5.41) is 0.782. The van der Waals surface area contributed by atoms with Crippen LogP contribution in [0.25, 0.3) is 10.9 Å². The first-order chi connectivity index (χ1) is 11.6. The standard InChI is InChI=1S/C20H19NO3/c1-3-24-20(23)19-16-10-9-15(13(2)22)12-17(16)21-18(19)11-14-7-5-4-6-8-14/h4-10,12,21H,3,11H2,1-2H3. The van der Waals surface area contributed by atoms with Crippen LogP contribution in [-0.2, 0) is 11.2 Å². The quantitative estimate of drug-likeness (QED) is 0.567. The van der Waals surface area contributed by atoms with Gasteiger partial charge in [0, 0.05) is 28.6 Å². The molecule has 0 spiro atoms. The van der Waals surface area contributed by atoms with Crippen molar-refractivity contribution in [2.75, 3.05) is 6.61 Å².